The third-order valence-electron chi connectivity index (χ3n) is 10.5. The topological polar surface area (TPSA) is 67.4 Å². The van der Waals surface area contributed by atoms with E-state index in [0.29, 0.717) is 23.0 Å². The molecule has 9 rings (SSSR count). The van der Waals surface area contributed by atoms with Crippen molar-refractivity contribution in [3.8, 4) is 68.2 Å². The summed E-state index contributed by atoms with van der Waals surface area (Å²) in [5, 5.41) is 12.5. The number of nitriles is 1. The Balaban J connectivity index is 1.34. The van der Waals surface area contributed by atoms with Crippen LogP contribution in [0.4, 0.5) is 0 Å². The van der Waals surface area contributed by atoms with Crippen LogP contribution in [0.2, 0.25) is 0 Å². The van der Waals surface area contributed by atoms with E-state index >= 15 is 0 Å². The van der Waals surface area contributed by atoms with E-state index in [4.69, 9.17) is 15.0 Å². The van der Waals surface area contributed by atoms with Gasteiger partial charge in [0, 0.05) is 27.5 Å². The lowest BCUT2D eigenvalue weighted by atomic mass is 9.95. The van der Waals surface area contributed by atoms with E-state index in [0.717, 1.165) is 55.3 Å². The highest BCUT2D eigenvalue weighted by Gasteiger charge is 2.21. The predicted octanol–water partition coefficient (Wildman–Crippen LogP) is 12.4. The van der Waals surface area contributed by atoms with Crippen LogP contribution in [0.3, 0.4) is 0 Å². The minimum Gasteiger partial charge on any atom is -0.308 e. The summed E-state index contributed by atoms with van der Waals surface area (Å²) in [6.45, 7) is 8.62. The normalized spacial score (nSPS) is 11.3. The molecule has 55 heavy (non-hydrogen) atoms. The molecule has 0 saturated carbocycles. The first kappa shape index (κ1) is 33.7. The maximum Gasteiger partial charge on any atom is 0.166 e. The van der Waals surface area contributed by atoms with E-state index in [-0.39, 0.29) is 0 Å². The van der Waals surface area contributed by atoms with Gasteiger partial charge in [-0.15, -0.1) is 0 Å². The summed E-state index contributed by atoms with van der Waals surface area (Å²) in [6, 6.07) is 54.9. The molecule has 5 nitrogen and oxygen atoms in total. The molecule has 0 fully saturated rings. The minimum atomic E-state index is 0.529. The highest BCUT2D eigenvalue weighted by Crippen LogP contribution is 2.40. The van der Waals surface area contributed by atoms with Crippen molar-refractivity contribution in [2.75, 3.05) is 0 Å². The minimum absolute atomic E-state index is 0.529. The molecular weight excluding hydrogens is 671 g/mol. The second-order valence-electron chi connectivity index (χ2n) is 14.3. The largest absolute Gasteiger partial charge is 0.308 e. The van der Waals surface area contributed by atoms with Crippen LogP contribution in [0, 0.1) is 39.0 Å². The summed E-state index contributed by atoms with van der Waals surface area (Å²) in [6.07, 6.45) is 0. The van der Waals surface area contributed by atoms with Crippen molar-refractivity contribution in [2.45, 2.75) is 27.7 Å². The van der Waals surface area contributed by atoms with Crippen molar-refractivity contribution < 1.29 is 0 Å². The lowest BCUT2D eigenvalue weighted by Gasteiger charge is -2.15. The van der Waals surface area contributed by atoms with Crippen LogP contribution < -0.4 is 0 Å². The smallest absolute Gasteiger partial charge is 0.166 e. The van der Waals surface area contributed by atoms with Crippen LogP contribution in [-0.2, 0) is 0 Å². The summed E-state index contributed by atoms with van der Waals surface area (Å²) < 4.78 is 2.27. The number of fused-ring (bicyclic) bond motifs is 3. The van der Waals surface area contributed by atoms with Gasteiger partial charge >= 0.3 is 0 Å². The Bertz CT molecular complexity index is 2800. The third-order valence-corrected chi connectivity index (χ3v) is 10.5. The molecule has 0 spiro atoms. The summed E-state index contributed by atoms with van der Waals surface area (Å²) in [7, 11) is 0. The average Bonchev–Trinajstić information content (AvgIpc) is 3.54. The second-order valence-corrected chi connectivity index (χ2v) is 14.3. The molecule has 0 bridgehead atoms. The summed E-state index contributed by atoms with van der Waals surface area (Å²) in [4.78, 5) is 15.2. The van der Waals surface area contributed by atoms with Crippen molar-refractivity contribution in [1.82, 2.24) is 19.5 Å². The lowest BCUT2D eigenvalue weighted by molar-refractivity contribution is 1.06. The summed E-state index contributed by atoms with van der Waals surface area (Å²) >= 11 is 0. The Hall–Kier alpha value is -7.16. The van der Waals surface area contributed by atoms with E-state index in [1.54, 1.807) is 0 Å². The fraction of sp³-hybridized carbons (Fsp3) is 0.0800. The van der Waals surface area contributed by atoms with Gasteiger partial charge in [0.15, 0.2) is 17.5 Å². The number of hydrogen-bond donors (Lipinski definition) is 0. The molecule has 0 atom stereocenters. The molecule has 0 amide bonds. The van der Waals surface area contributed by atoms with Gasteiger partial charge in [0.05, 0.1) is 28.4 Å². The number of aryl methyl sites for hydroxylation is 4. The quantitative estimate of drug-likeness (QED) is 0.173. The number of benzene rings is 7. The van der Waals surface area contributed by atoms with Gasteiger partial charge in [0.1, 0.15) is 0 Å². The fourth-order valence-corrected chi connectivity index (χ4v) is 7.80. The van der Waals surface area contributed by atoms with Gasteiger partial charge in [0.2, 0.25) is 0 Å². The van der Waals surface area contributed by atoms with E-state index in [2.05, 4.69) is 111 Å². The first-order valence-electron chi connectivity index (χ1n) is 18.5. The van der Waals surface area contributed by atoms with Gasteiger partial charge < -0.3 is 4.57 Å². The molecule has 0 radical (unpaired) electrons. The Labute approximate surface area is 320 Å². The van der Waals surface area contributed by atoms with Gasteiger partial charge in [-0.2, -0.15) is 5.26 Å². The molecule has 262 valence electrons. The molecule has 0 aliphatic carbocycles. The Morgan fingerprint density at radius 1 is 0.436 bits per heavy atom. The zero-order valence-electron chi connectivity index (χ0n) is 31.2. The third kappa shape index (κ3) is 6.14. The van der Waals surface area contributed by atoms with Crippen molar-refractivity contribution in [3.63, 3.8) is 0 Å². The fourth-order valence-electron chi connectivity index (χ4n) is 7.80. The highest BCUT2D eigenvalue weighted by molar-refractivity contribution is 6.12. The van der Waals surface area contributed by atoms with Crippen LogP contribution in [0.15, 0.2) is 152 Å². The molecule has 7 aromatic carbocycles. The molecule has 5 heteroatoms. The molecule has 0 N–H and O–H groups in total. The van der Waals surface area contributed by atoms with Crippen LogP contribution in [0.1, 0.15) is 27.8 Å². The van der Waals surface area contributed by atoms with Gasteiger partial charge in [-0.1, -0.05) is 120 Å². The number of rotatable bonds is 6. The van der Waals surface area contributed by atoms with Crippen LogP contribution in [-0.4, -0.2) is 19.5 Å². The zero-order chi connectivity index (χ0) is 37.6. The summed E-state index contributed by atoms with van der Waals surface area (Å²) in [5.74, 6) is 1.69. The number of aromatic nitrogens is 4. The van der Waals surface area contributed by atoms with Crippen molar-refractivity contribution in [2.24, 2.45) is 0 Å². The highest BCUT2D eigenvalue weighted by atomic mass is 15.1. The van der Waals surface area contributed by atoms with Gasteiger partial charge in [-0.25, -0.2) is 15.0 Å². The SMILES string of the molecule is Cc1ccc(-c2ccc3c(c2)c2cc(-c4ccc(C)cc4C)ccc2n3-c2cc(C#N)ccc2-c2nc(-c3ccccc3)nc(-c3ccccc3)n2)c(C)c1. The maximum atomic E-state index is 10.2. The maximum absolute atomic E-state index is 10.2. The van der Waals surface area contributed by atoms with Crippen molar-refractivity contribution >= 4 is 21.8 Å². The molecule has 0 aliphatic heterocycles. The Kier molecular flexibility index (Phi) is 8.37. The van der Waals surface area contributed by atoms with Crippen LogP contribution >= 0.6 is 0 Å². The van der Waals surface area contributed by atoms with E-state index in [9.17, 15) is 5.26 Å². The number of hydrogen-bond acceptors (Lipinski definition) is 4. The molecule has 2 aromatic heterocycles. The van der Waals surface area contributed by atoms with Crippen LogP contribution in [0.25, 0.3) is 83.9 Å². The molecule has 0 aliphatic rings. The Morgan fingerprint density at radius 3 is 1.38 bits per heavy atom. The van der Waals surface area contributed by atoms with Gasteiger partial charge in [-0.05, 0) is 104 Å². The molecule has 0 unspecified atom stereocenters. The first-order chi connectivity index (χ1) is 26.8. The van der Waals surface area contributed by atoms with E-state index in [1.165, 1.54) is 33.4 Å². The molecule has 0 saturated heterocycles. The molecule has 2 heterocycles. The summed E-state index contributed by atoms with van der Waals surface area (Å²) in [5.41, 5.74) is 15.7. The Morgan fingerprint density at radius 2 is 0.909 bits per heavy atom. The monoisotopic (exact) mass is 707 g/mol. The van der Waals surface area contributed by atoms with Gasteiger partial charge in [-0.3, -0.25) is 0 Å². The predicted molar refractivity (Wildman–Crippen MR) is 225 cm³/mol. The van der Waals surface area contributed by atoms with Crippen molar-refractivity contribution in [1.29, 1.82) is 5.26 Å². The standard InChI is InChI=1S/C50H37N5/c1-31-15-20-40(33(3)25-31)38-18-23-45-43(28-38)44-29-39(41-21-16-32(2)26-34(41)4)19-24-46(44)55(45)47-27-35(30-51)17-22-42(47)50-53-48(36-11-7-5-8-12-36)52-49(54-50)37-13-9-6-10-14-37/h5-29H,1-4H3. The molecular formula is C50H37N5. The average molecular weight is 708 g/mol. The first-order valence-corrected chi connectivity index (χ1v) is 18.5. The van der Waals surface area contributed by atoms with Crippen LogP contribution in [0.5, 0.6) is 0 Å². The lowest BCUT2D eigenvalue weighted by Crippen LogP contribution is -2.04. The van der Waals surface area contributed by atoms with Gasteiger partial charge in [0.25, 0.3) is 0 Å². The van der Waals surface area contributed by atoms with Crippen molar-refractivity contribution in [3.05, 3.63) is 179 Å². The second kappa shape index (κ2) is 13.7. The van der Waals surface area contributed by atoms with E-state index < -0.39 is 0 Å². The number of nitrogens with zero attached hydrogens (tertiary/aromatic N) is 5. The molecule has 9 aromatic rings. The van der Waals surface area contributed by atoms with E-state index in [1.807, 2.05) is 78.9 Å². The zero-order valence-corrected chi connectivity index (χ0v) is 31.2.